The number of hydrogen-bond donors (Lipinski definition) is 3. The van der Waals surface area contributed by atoms with E-state index in [2.05, 4.69) is 27.7 Å². The van der Waals surface area contributed by atoms with Gasteiger partial charge in [0.1, 0.15) is 18.0 Å². The van der Waals surface area contributed by atoms with E-state index >= 15 is 0 Å². The number of amides is 1. The lowest BCUT2D eigenvalue weighted by molar-refractivity contribution is -0.139. The number of carboxylic acid groups (broad SMARTS) is 1. The Morgan fingerprint density at radius 1 is 1.08 bits per heavy atom. The topological polar surface area (TPSA) is 104 Å². The number of aromatic nitrogens is 1. The van der Waals surface area contributed by atoms with E-state index in [-0.39, 0.29) is 6.10 Å². The van der Waals surface area contributed by atoms with Crippen molar-refractivity contribution < 1.29 is 19.4 Å². The molecule has 2 aliphatic carbocycles. The second-order valence-corrected chi connectivity index (χ2v) is 10.6. The molecule has 0 unspecified atom stereocenters. The fraction of sp³-hybridized carbons (Fsp3) is 0.552. The molecule has 2 aromatic rings. The molecule has 1 fully saturated rings. The van der Waals surface area contributed by atoms with Crippen LogP contribution >= 0.6 is 0 Å². The van der Waals surface area contributed by atoms with E-state index in [0.717, 1.165) is 63.1 Å². The zero-order valence-corrected chi connectivity index (χ0v) is 21.5. The summed E-state index contributed by atoms with van der Waals surface area (Å²) in [4.78, 5) is 31.5. The average molecular weight is 507 g/mol. The Bertz CT molecular complexity index is 1080. The summed E-state index contributed by atoms with van der Waals surface area (Å²) in [7, 11) is 0. The maximum absolute atomic E-state index is 12.5. The standard InChI is InChI=1S/C29H38N4O4/c34-28(35)26(32-29(36)37-25-18-21-6-1-2-7-22(21)19-25)14-17-33(24-12-13-24)16-4-3-9-23-11-10-20-8-5-15-30-27(20)31-23/h1-2,6-7,10-11,24-26H,3-5,8-9,12-19H2,(H,30,31)(H,32,36)(H,34,35)/t26-/m0/s1. The van der Waals surface area contributed by atoms with Crippen LogP contribution in [-0.2, 0) is 35.2 Å². The number of anilines is 1. The van der Waals surface area contributed by atoms with Gasteiger partial charge in [0.25, 0.3) is 0 Å². The largest absolute Gasteiger partial charge is 0.480 e. The fourth-order valence-electron chi connectivity index (χ4n) is 5.53. The van der Waals surface area contributed by atoms with Crippen LogP contribution in [-0.4, -0.2) is 64.9 Å². The van der Waals surface area contributed by atoms with Crippen LogP contribution in [0.4, 0.5) is 10.6 Å². The summed E-state index contributed by atoms with van der Waals surface area (Å²) in [6.07, 6.45) is 8.45. The Labute approximate surface area is 218 Å². The van der Waals surface area contributed by atoms with Crippen LogP contribution in [0.1, 0.15) is 60.9 Å². The SMILES string of the molecule is O=C(N[C@@H](CCN(CCCCc1ccc2c(n1)NCCC2)C1CC1)C(=O)O)OC1Cc2ccccc2C1. The van der Waals surface area contributed by atoms with E-state index in [0.29, 0.717) is 31.8 Å². The van der Waals surface area contributed by atoms with Gasteiger partial charge in [-0.2, -0.15) is 0 Å². The van der Waals surface area contributed by atoms with Crippen molar-refractivity contribution >= 4 is 17.9 Å². The van der Waals surface area contributed by atoms with Crippen molar-refractivity contribution in [3.63, 3.8) is 0 Å². The van der Waals surface area contributed by atoms with Crippen molar-refractivity contribution in [3.05, 3.63) is 58.8 Å². The zero-order chi connectivity index (χ0) is 25.6. The van der Waals surface area contributed by atoms with Crippen LogP contribution in [0.15, 0.2) is 36.4 Å². The van der Waals surface area contributed by atoms with Gasteiger partial charge in [-0.15, -0.1) is 0 Å². The van der Waals surface area contributed by atoms with Crippen LogP contribution in [0.5, 0.6) is 0 Å². The number of alkyl carbamates (subject to hydrolysis) is 1. The highest BCUT2D eigenvalue weighted by Gasteiger charge is 2.31. The number of rotatable bonds is 12. The molecule has 1 aromatic carbocycles. The number of nitrogens with one attached hydrogen (secondary N) is 2. The Morgan fingerprint density at radius 2 is 1.86 bits per heavy atom. The quantitative estimate of drug-likeness (QED) is 0.374. The molecule has 0 bridgehead atoms. The van der Waals surface area contributed by atoms with E-state index in [9.17, 15) is 14.7 Å². The normalized spacial score (nSPS) is 17.5. The van der Waals surface area contributed by atoms with Gasteiger partial charge in [-0.1, -0.05) is 30.3 Å². The van der Waals surface area contributed by atoms with Crippen molar-refractivity contribution in [3.8, 4) is 0 Å². The molecule has 0 radical (unpaired) electrons. The molecule has 3 aliphatic rings. The van der Waals surface area contributed by atoms with Gasteiger partial charge < -0.3 is 25.4 Å². The number of carbonyl (C=O) groups is 2. The number of aliphatic carboxylic acids is 1. The summed E-state index contributed by atoms with van der Waals surface area (Å²) < 4.78 is 5.56. The summed E-state index contributed by atoms with van der Waals surface area (Å²) >= 11 is 0. The molecule has 0 spiro atoms. The Kier molecular flexibility index (Phi) is 8.24. The summed E-state index contributed by atoms with van der Waals surface area (Å²) in [5.41, 5.74) is 4.82. The summed E-state index contributed by atoms with van der Waals surface area (Å²) in [6.45, 7) is 2.58. The second kappa shape index (κ2) is 11.9. The maximum atomic E-state index is 12.5. The first-order chi connectivity index (χ1) is 18.0. The third-order valence-corrected chi connectivity index (χ3v) is 7.73. The van der Waals surface area contributed by atoms with Gasteiger partial charge in [-0.3, -0.25) is 0 Å². The molecular weight excluding hydrogens is 468 g/mol. The predicted octanol–water partition coefficient (Wildman–Crippen LogP) is 3.96. The van der Waals surface area contributed by atoms with E-state index in [1.54, 1.807) is 0 Å². The highest BCUT2D eigenvalue weighted by Crippen LogP contribution is 2.28. The lowest BCUT2D eigenvalue weighted by Gasteiger charge is -2.24. The van der Waals surface area contributed by atoms with Gasteiger partial charge in [0, 0.05) is 37.7 Å². The van der Waals surface area contributed by atoms with Crippen molar-refractivity contribution in [2.45, 2.75) is 82.4 Å². The minimum Gasteiger partial charge on any atom is -0.480 e. The first kappa shape index (κ1) is 25.5. The number of aryl methyl sites for hydroxylation is 2. The van der Waals surface area contributed by atoms with Gasteiger partial charge in [0.2, 0.25) is 0 Å². The number of unbranched alkanes of at least 4 members (excludes halogenated alkanes) is 1. The predicted molar refractivity (Wildman–Crippen MR) is 142 cm³/mol. The van der Waals surface area contributed by atoms with Crippen LogP contribution in [0, 0.1) is 0 Å². The lowest BCUT2D eigenvalue weighted by atomic mass is 10.1. The molecule has 37 heavy (non-hydrogen) atoms. The summed E-state index contributed by atoms with van der Waals surface area (Å²) in [6, 6.07) is 12.0. The maximum Gasteiger partial charge on any atom is 0.408 e. The van der Waals surface area contributed by atoms with Crippen LogP contribution in [0.3, 0.4) is 0 Å². The Balaban J connectivity index is 1.04. The molecule has 1 aromatic heterocycles. The third-order valence-electron chi connectivity index (χ3n) is 7.73. The number of hydrogen-bond acceptors (Lipinski definition) is 6. The Hall–Kier alpha value is -3.13. The molecular formula is C29H38N4O4. The highest BCUT2D eigenvalue weighted by molar-refractivity contribution is 5.80. The second-order valence-electron chi connectivity index (χ2n) is 10.6. The molecule has 8 nitrogen and oxygen atoms in total. The number of fused-ring (bicyclic) bond motifs is 2. The minimum atomic E-state index is -1.02. The fourth-order valence-corrected chi connectivity index (χ4v) is 5.53. The molecule has 1 atom stereocenters. The van der Waals surface area contributed by atoms with Crippen molar-refractivity contribution in [1.29, 1.82) is 0 Å². The summed E-state index contributed by atoms with van der Waals surface area (Å²) in [5.74, 6) is 0.0288. The molecule has 1 saturated carbocycles. The number of benzene rings is 1. The molecule has 3 N–H and O–H groups in total. The van der Waals surface area contributed by atoms with Crippen molar-refractivity contribution in [2.24, 2.45) is 0 Å². The van der Waals surface area contributed by atoms with Crippen LogP contribution in [0.2, 0.25) is 0 Å². The average Bonchev–Trinajstić information content (AvgIpc) is 3.66. The smallest absolute Gasteiger partial charge is 0.408 e. The monoisotopic (exact) mass is 506 g/mol. The lowest BCUT2D eigenvalue weighted by Crippen LogP contribution is -2.44. The number of carbonyl (C=O) groups excluding carboxylic acids is 1. The minimum absolute atomic E-state index is 0.241. The summed E-state index contributed by atoms with van der Waals surface area (Å²) in [5, 5.41) is 15.7. The van der Waals surface area contributed by atoms with Gasteiger partial charge in [-0.25, -0.2) is 14.6 Å². The van der Waals surface area contributed by atoms with E-state index in [1.807, 2.05) is 24.3 Å². The molecule has 0 saturated heterocycles. The first-order valence-corrected chi connectivity index (χ1v) is 13.8. The van der Waals surface area contributed by atoms with Crippen molar-refractivity contribution in [2.75, 3.05) is 25.0 Å². The third kappa shape index (κ3) is 7.01. The van der Waals surface area contributed by atoms with E-state index in [1.165, 1.54) is 23.1 Å². The van der Waals surface area contributed by atoms with Gasteiger partial charge >= 0.3 is 12.1 Å². The molecule has 1 amide bonds. The number of nitrogens with zero attached hydrogens (tertiary/aromatic N) is 2. The Morgan fingerprint density at radius 3 is 2.59 bits per heavy atom. The highest BCUT2D eigenvalue weighted by atomic mass is 16.6. The van der Waals surface area contributed by atoms with E-state index in [4.69, 9.17) is 9.72 Å². The number of carboxylic acids is 1. The molecule has 5 rings (SSSR count). The first-order valence-electron chi connectivity index (χ1n) is 13.8. The van der Waals surface area contributed by atoms with Crippen LogP contribution in [0.25, 0.3) is 0 Å². The van der Waals surface area contributed by atoms with E-state index < -0.39 is 18.1 Å². The number of ether oxygens (including phenoxy) is 1. The number of pyridine rings is 1. The van der Waals surface area contributed by atoms with Gasteiger partial charge in [0.05, 0.1) is 0 Å². The van der Waals surface area contributed by atoms with Crippen LogP contribution < -0.4 is 10.6 Å². The van der Waals surface area contributed by atoms with Gasteiger partial charge in [-0.05, 0) is 80.7 Å². The molecule has 198 valence electrons. The zero-order valence-electron chi connectivity index (χ0n) is 21.5. The molecule has 2 heterocycles. The van der Waals surface area contributed by atoms with Gasteiger partial charge in [0.15, 0.2) is 0 Å². The van der Waals surface area contributed by atoms with Crippen molar-refractivity contribution in [1.82, 2.24) is 15.2 Å². The molecule has 8 heteroatoms. The molecule has 1 aliphatic heterocycles.